The number of carbonyl (C=O) groups is 2. The smallest absolute Gasteiger partial charge is 0.261 e. The molecule has 0 unspecified atom stereocenters. The molecule has 0 saturated heterocycles. The normalized spacial score (nSPS) is 11.8. The van der Waals surface area contributed by atoms with Crippen molar-refractivity contribution in [3.8, 4) is 5.75 Å². The number of nitrogens with one attached hydrogen (secondary N) is 1. The van der Waals surface area contributed by atoms with E-state index in [0.29, 0.717) is 18.2 Å². The second-order valence-electron chi connectivity index (χ2n) is 7.40. The van der Waals surface area contributed by atoms with Gasteiger partial charge in [0.05, 0.1) is 0 Å². The quantitative estimate of drug-likeness (QED) is 0.660. The van der Waals surface area contributed by atoms with E-state index in [-0.39, 0.29) is 30.8 Å². The molecular formula is C23H29FN2O3. The number of para-hydroxylation sites is 1. The summed E-state index contributed by atoms with van der Waals surface area (Å²) in [5, 5.41) is 2.88. The molecule has 6 heteroatoms. The fourth-order valence-corrected chi connectivity index (χ4v) is 2.75. The zero-order valence-electron chi connectivity index (χ0n) is 17.2. The van der Waals surface area contributed by atoms with Crippen molar-refractivity contribution in [2.75, 3.05) is 13.2 Å². The van der Waals surface area contributed by atoms with Crippen molar-refractivity contribution < 1.29 is 18.7 Å². The summed E-state index contributed by atoms with van der Waals surface area (Å²) in [5.41, 5.74) is 0.737. The average molecular weight is 400 g/mol. The van der Waals surface area contributed by atoms with Gasteiger partial charge in [0.1, 0.15) is 17.6 Å². The van der Waals surface area contributed by atoms with Crippen LogP contribution in [-0.2, 0) is 16.1 Å². The molecule has 0 spiro atoms. The highest BCUT2D eigenvalue weighted by Gasteiger charge is 2.26. The Labute approximate surface area is 171 Å². The first-order chi connectivity index (χ1) is 13.9. The highest BCUT2D eigenvalue weighted by Crippen LogP contribution is 2.13. The molecule has 5 nitrogen and oxygen atoms in total. The van der Waals surface area contributed by atoms with Crippen molar-refractivity contribution in [3.63, 3.8) is 0 Å². The van der Waals surface area contributed by atoms with Gasteiger partial charge >= 0.3 is 0 Å². The highest BCUT2D eigenvalue weighted by atomic mass is 19.1. The molecule has 0 aromatic heterocycles. The summed E-state index contributed by atoms with van der Waals surface area (Å²) in [5.74, 6) is 0.169. The molecule has 0 fully saturated rings. The Kier molecular flexibility index (Phi) is 8.65. The van der Waals surface area contributed by atoms with Crippen molar-refractivity contribution in [1.29, 1.82) is 0 Å². The number of amides is 2. The van der Waals surface area contributed by atoms with Gasteiger partial charge in [0.15, 0.2) is 6.61 Å². The van der Waals surface area contributed by atoms with Gasteiger partial charge in [0.2, 0.25) is 5.91 Å². The molecule has 2 amide bonds. The number of carbonyl (C=O) groups excluding carboxylic acids is 2. The fraction of sp³-hybridized carbons (Fsp3) is 0.391. The minimum absolute atomic E-state index is 0.186. The summed E-state index contributed by atoms with van der Waals surface area (Å²) in [4.78, 5) is 26.9. The van der Waals surface area contributed by atoms with E-state index in [1.807, 2.05) is 18.2 Å². The second kappa shape index (κ2) is 11.2. The number of ether oxygens (including phenoxy) is 1. The van der Waals surface area contributed by atoms with Crippen LogP contribution in [0.4, 0.5) is 4.39 Å². The lowest BCUT2D eigenvalue weighted by molar-refractivity contribution is -0.142. The summed E-state index contributed by atoms with van der Waals surface area (Å²) >= 11 is 0. The SMILES string of the molecule is CC(C)CCNC(=O)[C@@H](C)N(Cc1ccc(F)cc1)C(=O)COc1ccccc1. The maximum atomic E-state index is 13.2. The molecule has 0 aliphatic carbocycles. The molecule has 0 heterocycles. The number of benzene rings is 2. The molecule has 1 N–H and O–H groups in total. The average Bonchev–Trinajstić information content (AvgIpc) is 2.71. The molecule has 1 atom stereocenters. The van der Waals surface area contributed by atoms with Gasteiger partial charge in [-0.25, -0.2) is 4.39 Å². The van der Waals surface area contributed by atoms with Gasteiger partial charge in [0.25, 0.3) is 5.91 Å². The van der Waals surface area contributed by atoms with Crippen molar-refractivity contribution >= 4 is 11.8 Å². The Morgan fingerprint density at radius 2 is 1.69 bits per heavy atom. The lowest BCUT2D eigenvalue weighted by Crippen LogP contribution is -2.49. The van der Waals surface area contributed by atoms with Crippen LogP contribution in [-0.4, -0.2) is 35.9 Å². The monoisotopic (exact) mass is 400 g/mol. The second-order valence-corrected chi connectivity index (χ2v) is 7.40. The number of nitrogens with zero attached hydrogens (tertiary/aromatic N) is 1. The lowest BCUT2D eigenvalue weighted by atomic mass is 10.1. The predicted molar refractivity (Wildman–Crippen MR) is 111 cm³/mol. The number of halogens is 1. The zero-order chi connectivity index (χ0) is 21.2. The van der Waals surface area contributed by atoms with E-state index in [9.17, 15) is 14.0 Å². The Bertz CT molecular complexity index is 778. The molecule has 2 aromatic rings. The van der Waals surface area contributed by atoms with Crippen molar-refractivity contribution in [3.05, 3.63) is 66.0 Å². The number of rotatable bonds is 10. The predicted octanol–water partition coefficient (Wildman–Crippen LogP) is 3.78. The molecule has 29 heavy (non-hydrogen) atoms. The molecule has 0 aliphatic heterocycles. The maximum Gasteiger partial charge on any atom is 0.261 e. The summed E-state index contributed by atoms with van der Waals surface area (Å²) in [6, 6.07) is 14.2. The highest BCUT2D eigenvalue weighted by molar-refractivity contribution is 5.87. The van der Waals surface area contributed by atoms with Gasteiger partial charge in [-0.15, -0.1) is 0 Å². The lowest BCUT2D eigenvalue weighted by Gasteiger charge is -2.29. The first kappa shape index (κ1) is 22.4. The maximum absolute atomic E-state index is 13.2. The molecule has 0 aliphatic rings. The number of hydrogen-bond acceptors (Lipinski definition) is 3. The molecule has 0 saturated carbocycles. The molecular weight excluding hydrogens is 371 g/mol. The van der Waals surface area contributed by atoms with E-state index in [2.05, 4.69) is 19.2 Å². The summed E-state index contributed by atoms with van der Waals surface area (Å²) in [7, 11) is 0. The van der Waals surface area contributed by atoms with Crippen molar-refractivity contribution in [2.24, 2.45) is 5.92 Å². The van der Waals surface area contributed by atoms with Crippen LogP contribution in [0.25, 0.3) is 0 Å². The minimum atomic E-state index is -0.681. The van der Waals surface area contributed by atoms with Gasteiger partial charge < -0.3 is 15.0 Å². The third-order valence-corrected chi connectivity index (χ3v) is 4.56. The van der Waals surface area contributed by atoms with Crippen LogP contribution in [0.15, 0.2) is 54.6 Å². The third-order valence-electron chi connectivity index (χ3n) is 4.56. The topological polar surface area (TPSA) is 58.6 Å². The summed E-state index contributed by atoms with van der Waals surface area (Å²) < 4.78 is 18.8. The van der Waals surface area contributed by atoms with Gasteiger partial charge in [-0.2, -0.15) is 0 Å². The first-order valence-corrected chi connectivity index (χ1v) is 9.86. The van der Waals surface area contributed by atoms with E-state index in [1.165, 1.54) is 17.0 Å². The van der Waals surface area contributed by atoms with Crippen LogP contribution in [0.2, 0.25) is 0 Å². The Morgan fingerprint density at radius 1 is 1.03 bits per heavy atom. The number of hydrogen-bond donors (Lipinski definition) is 1. The molecule has 0 bridgehead atoms. The van der Waals surface area contributed by atoms with Crippen LogP contribution in [0.3, 0.4) is 0 Å². The molecule has 2 rings (SSSR count). The van der Waals surface area contributed by atoms with E-state index >= 15 is 0 Å². The van der Waals surface area contributed by atoms with Crippen LogP contribution in [0, 0.1) is 11.7 Å². The molecule has 2 aromatic carbocycles. The fourth-order valence-electron chi connectivity index (χ4n) is 2.75. The van der Waals surface area contributed by atoms with E-state index in [4.69, 9.17) is 4.74 Å². The Hall–Kier alpha value is -2.89. The van der Waals surface area contributed by atoms with E-state index in [0.717, 1.165) is 12.0 Å². The Morgan fingerprint density at radius 3 is 2.31 bits per heavy atom. The largest absolute Gasteiger partial charge is 0.484 e. The van der Waals surface area contributed by atoms with Crippen LogP contribution in [0.1, 0.15) is 32.8 Å². The van der Waals surface area contributed by atoms with E-state index < -0.39 is 6.04 Å². The van der Waals surface area contributed by atoms with E-state index in [1.54, 1.807) is 31.2 Å². The van der Waals surface area contributed by atoms with Gasteiger partial charge in [0, 0.05) is 13.1 Å². The summed E-state index contributed by atoms with van der Waals surface area (Å²) in [6.45, 7) is 6.42. The van der Waals surface area contributed by atoms with Crippen molar-refractivity contribution in [1.82, 2.24) is 10.2 Å². The first-order valence-electron chi connectivity index (χ1n) is 9.86. The van der Waals surface area contributed by atoms with Gasteiger partial charge in [-0.05, 0) is 49.1 Å². The zero-order valence-corrected chi connectivity index (χ0v) is 17.2. The van der Waals surface area contributed by atoms with Crippen LogP contribution >= 0.6 is 0 Å². The van der Waals surface area contributed by atoms with Crippen LogP contribution < -0.4 is 10.1 Å². The Balaban J connectivity index is 2.07. The standard InChI is InChI=1S/C23H29FN2O3/c1-17(2)13-14-25-23(28)18(3)26(15-19-9-11-20(24)12-10-19)22(27)16-29-21-7-5-4-6-8-21/h4-12,17-18H,13-16H2,1-3H3,(H,25,28)/t18-/m1/s1. The van der Waals surface area contributed by atoms with Crippen LogP contribution in [0.5, 0.6) is 5.75 Å². The molecule has 0 radical (unpaired) electrons. The molecule has 156 valence electrons. The third kappa shape index (κ3) is 7.56. The van der Waals surface area contributed by atoms with Gasteiger partial charge in [-0.3, -0.25) is 9.59 Å². The van der Waals surface area contributed by atoms with Crippen molar-refractivity contribution in [2.45, 2.75) is 39.8 Å². The van der Waals surface area contributed by atoms with Gasteiger partial charge in [-0.1, -0.05) is 44.2 Å². The summed E-state index contributed by atoms with van der Waals surface area (Å²) in [6.07, 6.45) is 0.863. The minimum Gasteiger partial charge on any atom is -0.484 e.